The number of nitrogens with one attached hydrogen (secondary N) is 1. The molecule has 1 aromatic carbocycles. The molecule has 1 heterocycles. The van der Waals surface area contributed by atoms with Crippen LogP contribution in [-0.4, -0.2) is 30.9 Å². The number of alkyl halides is 3. The van der Waals surface area contributed by atoms with Gasteiger partial charge in [0.05, 0.1) is 12.1 Å². The molecular formula is C13H12ClF3N2O. The second-order valence-corrected chi connectivity index (χ2v) is 4.55. The van der Waals surface area contributed by atoms with E-state index in [4.69, 9.17) is 11.6 Å². The van der Waals surface area contributed by atoms with Crippen molar-refractivity contribution >= 4 is 28.2 Å². The average molecular weight is 305 g/mol. The third kappa shape index (κ3) is 4.25. The van der Waals surface area contributed by atoms with Crippen molar-refractivity contribution in [2.45, 2.75) is 6.18 Å². The lowest BCUT2D eigenvalue weighted by Crippen LogP contribution is -2.20. The van der Waals surface area contributed by atoms with Crippen LogP contribution in [0.1, 0.15) is 0 Å². The monoisotopic (exact) mass is 304 g/mol. The Morgan fingerprint density at radius 3 is 2.80 bits per heavy atom. The molecule has 0 spiro atoms. The highest BCUT2D eigenvalue weighted by molar-refractivity contribution is 6.31. The van der Waals surface area contributed by atoms with Crippen molar-refractivity contribution in [3.63, 3.8) is 0 Å². The van der Waals surface area contributed by atoms with Crippen LogP contribution in [-0.2, 0) is 4.74 Å². The van der Waals surface area contributed by atoms with Gasteiger partial charge in [0.15, 0.2) is 0 Å². The van der Waals surface area contributed by atoms with Crippen molar-refractivity contribution in [1.29, 1.82) is 0 Å². The molecule has 2 rings (SSSR count). The van der Waals surface area contributed by atoms with Gasteiger partial charge in [-0.25, -0.2) is 0 Å². The van der Waals surface area contributed by atoms with Crippen molar-refractivity contribution in [2.24, 2.45) is 0 Å². The fraction of sp³-hybridized carbons (Fsp3) is 0.308. The third-order valence-electron chi connectivity index (χ3n) is 2.53. The van der Waals surface area contributed by atoms with Gasteiger partial charge in [-0.05, 0) is 24.3 Å². The summed E-state index contributed by atoms with van der Waals surface area (Å²) in [7, 11) is 0. The smallest absolute Gasteiger partial charge is 0.382 e. The van der Waals surface area contributed by atoms with Crippen molar-refractivity contribution < 1.29 is 17.9 Å². The first-order valence-electron chi connectivity index (χ1n) is 5.88. The van der Waals surface area contributed by atoms with Gasteiger partial charge < -0.3 is 10.1 Å². The number of nitrogens with zero attached hydrogens (tertiary/aromatic N) is 1. The minimum Gasteiger partial charge on any atom is -0.382 e. The molecule has 0 aliphatic heterocycles. The lowest BCUT2D eigenvalue weighted by Gasteiger charge is -2.11. The van der Waals surface area contributed by atoms with Crippen molar-refractivity contribution in [3.05, 3.63) is 35.5 Å². The SMILES string of the molecule is FC(F)(F)COCCNc1ccnc2cc(Cl)ccc12. The molecule has 0 unspecified atom stereocenters. The summed E-state index contributed by atoms with van der Waals surface area (Å²) in [6, 6.07) is 7.02. The highest BCUT2D eigenvalue weighted by Gasteiger charge is 2.27. The van der Waals surface area contributed by atoms with E-state index < -0.39 is 12.8 Å². The molecule has 108 valence electrons. The molecule has 7 heteroatoms. The number of hydrogen-bond donors (Lipinski definition) is 1. The first-order chi connectivity index (χ1) is 9.46. The van der Waals surface area contributed by atoms with E-state index in [1.807, 2.05) is 6.07 Å². The Morgan fingerprint density at radius 2 is 2.05 bits per heavy atom. The second-order valence-electron chi connectivity index (χ2n) is 4.11. The van der Waals surface area contributed by atoms with Gasteiger partial charge in [-0.1, -0.05) is 11.6 Å². The Labute approximate surface area is 118 Å². The van der Waals surface area contributed by atoms with E-state index in [-0.39, 0.29) is 13.2 Å². The highest BCUT2D eigenvalue weighted by Crippen LogP contribution is 2.24. The van der Waals surface area contributed by atoms with Crippen LogP contribution < -0.4 is 5.32 Å². The number of rotatable bonds is 5. The predicted molar refractivity (Wildman–Crippen MR) is 72.1 cm³/mol. The number of ether oxygens (including phenoxy) is 1. The number of pyridine rings is 1. The number of aromatic nitrogens is 1. The molecule has 2 aromatic rings. The molecule has 1 N–H and O–H groups in total. The number of fused-ring (bicyclic) bond motifs is 1. The maximum atomic E-state index is 11.9. The van der Waals surface area contributed by atoms with Crippen LogP contribution in [0.5, 0.6) is 0 Å². The van der Waals surface area contributed by atoms with Crippen LogP contribution in [0, 0.1) is 0 Å². The van der Waals surface area contributed by atoms with E-state index in [0.29, 0.717) is 5.02 Å². The summed E-state index contributed by atoms with van der Waals surface area (Å²) in [4.78, 5) is 4.17. The predicted octanol–water partition coefficient (Wildman–Crippen LogP) is 3.88. The fourth-order valence-electron chi connectivity index (χ4n) is 1.72. The molecule has 1 aromatic heterocycles. The molecule has 0 amide bonds. The first kappa shape index (κ1) is 14.9. The maximum absolute atomic E-state index is 11.9. The van der Waals surface area contributed by atoms with Crippen molar-refractivity contribution in [2.75, 3.05) is 25.1 Å². The van der Waals surface area contributed by atoms with Gasteiger partial charge in [-0.3, -0.25) is 4.98 Å². The van der Waals surface area contributed by atoms with Crippen molar-refractivity contribution in [1.82, 2.24) is 4.98 Å². The largest absolute Gasteiger partial charge is 0.411 e. The zero-order valence-electron chi connectivity index (χ0n) is 10.4. The Bertz CT molecular complexity index is 589. The molecule has 20 heavy (non-hydrogen) atoms. The summed E-state index contributed by atoms with van der Waals surface area (Å²) in [6.45, 7) is -0.990. The first-order valence-corrected chi connectivity index (χ1v) is 6.26. The molecule has 0 aliphatic carbocycles. The van der Waals surface area contributed by atoms with E-state index in [0.717, 1.165) is 16.6 Å². The Hall–Kier alpha value is -1.53. The number of anilines is 1. The lowest BCUT2D eigenvalue weighted by molar-refractivity contribution is -0.172. The molecule has 0 atom stereocenters. The molecular weight excluding hydrogens is 293 g/mol. The van der Waals surface area contributed by atoms with E-state index in [9.17, 15) is 13.2 Å². The zero-order valence-corrected chi connectivity index (χ0v) is 11.1. The van der Waals surface area contributed by atoms with Crippen LogP contribution in [0.3, 0.4) is 0 Å². The number of benzene rings is 1. The zero-order chi connectivity index (χ0) is 14.6. The molecule has 0 bridgehead atoms. The van der Waals surface area contributed by atoms with Crippen LogP contribution in [0.25, 0.3) is 10.9 Å². The molecule has 3 nitrogen and oxygen atoms in total. The molecule has 0 aliphatic rings. The lowest BCUT2D eigenvalue weighted by atomic mass is 10.2. The van der Waals surface area contributed by atoms with Gasteiger partial charge in [0.25, 0.3) is 0 Å². The van der Waals surface area contributed by atoms with E-state index in [1.54, 1.807) is 24.4 Å². The van der Waals surface area contributed by atoms with E-state index >= 15 is 0 Å². The minimum absolute atomic E-state index is 0.0308. The van der Waals surface area contributed by atoms with E-state index in [1.165, 1.54) is 0 Å². The highest BCUT2D eigenvalue weighted by atomic mass is 35.5. The summed E-state index contributed by atoms with van der Waals surface area (Å²) in [5.41, 5.74) is 1.50. The van der Waals surface area contributed by atoms with Crippen LogP contribution in [0.4, 0.5) is 18.9 Å². The second kappa shape index (κ2) is 6.28. The molecule has 0 saturated heterocycles. The fourth-order valence-corrected chi connectivity index (χ4v) is 1.89. The summed E-state index contributed by atoms with van der Waals surface area (Å²) in [5.74, 6) is 0. The van der Waals surface area contributed by atoms with Crippen LogP contribution in [0.15, 0.2) is 30.5 Å². The third-order valence-corrected chi connectivity index (χ3v) is 2.77. The van der Waals surface area contributed by atoms with Crippen LogP contribution >= 0.6 is 11.6 Å². The van der Waals surface area contributed by atoms with Crippen LogP contribution in [0.2, 0.25) is 5.02 Å². The van der Waals surface area contributed by atoms with Gasteiger partial charge in [-0.15, -0.1) is 0 Å². The Kier molecular flexibility index (Phi) is 4.67. The minimum atomic E-state index is -4.29. The van der Waals surface area contributed by atoms with Gasteiger partial charge in [-0.2, -0.15) is 13.2 Å². The van der Waals surface area contributed by atoms with Gasteiger partial charge in [0, 0.05) is 28.8 Å². The van der Waals surface area contributed by atoms with Gasteiger partial charge in [0.1, 0.15) is 6.61 Å². The van der Waals surface area contributed by atoms with Crippen molar-refractivity contribution in [3.8, 4) is 0 Å². The molecule has 0 radical (unpaired) electrons. The quantitative estimate of drug-likeness (QED) is 0.851. The molecule has 0 fully saturated rings. The molecule has 0 saturated carbocycles. The standard InChI is InChI=1S/C13H12ClF3N2O/c14-9-1-2-10-11(3-4-18-12(10)7-9)19-5-6-20-8-13(15,16)17/h1-4,7H,5-6,8H2,(H,18,19). The van der Waals surface area contributed by atoms with E-state index in [2.05, 4.69) is 15.0 Å². The average Bonchev–Trinajstić information content (AvgIpc) is 2.36. The Morgan fingerprint density at radius 1 is 1.25 bits per heavy atom. The normalized spacial score (nSPS) is 11.8. The maximum Gasteiger partial charge on any atom is 0.411 e. The number of halogens is 4. The summed E-state index contributed by atoms with van der Waals surface area (Å²) in [6.07, 6.45) is -2.68. The summed E-state index contributed by atoms with van der Waals surface area (Å²) >= 11 is 5.87. The number of hydrogen-bond acceptors (Lipinski definition) is 3. The summed E-state index contributed by atoms with van der Waals surface area (Å²) in [5, 5.41) is 4.45. The topological polar surface area (TPSA) is 34.1 Å². The van der Waals surface area contributed by atoms with Gasteiger partial charge >= 0.3 is 6.18 Å². The summed E-state index contributed by atoms with van der Waals surface area (Å²) < 4.78 is 40.2. The Balaban J connectivity index is 1.93. The van der Waals surface area contributed by atoms with Gasteiger partial charge in [0.2, 0.25) is 0 Å².